The number of rotatable bonds is 2. The topological polar surface area (TPSA) is 54.4 Å². The van der Waals surface area contributed by atoms with Crippen molar-refractivity contribution in [2.75, 3.05) is 0 Å². The van der Waals surface area contributed by atoms with Gasteiger partial charge in [0.2, 0.25) is 0 Å². The van der Waals surface area contributed by atoms with Gasteiger partial charge >= 0.3 is 0 Å². The number of halogens is 1. The van der Waals surface area contributed by atoms with E-state index in [1.165, 1.54) is 0 Å². The molecule has 0 heterocycles. The smallest absolute Gasteiger partial charge is 0.284 e. The third kappa shape index (κ3) is 2.30. The molecule has 0 saturated carbocycles. The van der Waals surface area contributed by atoms with E-state index in [1.54, 1.807) is 0 Å². The predicted molar refractivity (Wildman–Crippen MR) is 31.4 cm³/mol. The van der Waals surface area contributed by atoms with Crippen molar-refractivity contribution in [1.29, 1.82) is 0 Å². The van der Waals surface area contributed by atoms with Crippen LogP contribution >= 0.6 is 11.6 Å². The summed E-state index contributed by atoms with van der Waals surface area (Å²) in [4.78, 5) is 0. The maximum atomic E-state index is 9.91. The van der Waals surface area contributed by atoms with E-state index in [9.17, 15) is 8.42 Å². The van der Waals surface area contributed by atoms with Gasteiger partial charge in [-0.05, 0) is 0 Å². The molecule has 0 bridgehead atoms. The van der Waals surface area contributed by atoms with Gasteiger partial charge in [0.15, 0.2) is 4.71 Å². The first-order valence-corrected chi connectivity index (χ1v) is 3.65. The van der Waals surface area contributed by atoms with Crippen LogP contribution in [0.25, 0.3) is 0 Å². The summed E-state index contributed by atoms with van der Waals surface area (Å²) in [6, 6.07) is 0. The Balaban J connectivity index is 4.26. The van der Waals surface area contributed by atoms with E-state index in [0.717, 1.165) is 6.08 Å². The van der Waals surface area contributed by atoms with Gasteiger partial charge < -0.3 is 0 Å². The van der Waals surface area contributed by atoms with E-state index in [0.29, 0.717) is 0 Å². The van der Waals surface area contributed by atoms with Crippen LogP contribution in [0.2, 0.25) is 0 Å². The van der Waals surface area contributed by atoms with Crippen LogP contribution < -0.4 is 0 Å². The number of hydrogen-bond acceptors (Lipinski definition) is 2. The summed E-state index contributed by atoms with van der Waals surface area (Å²) in [6.45, 7) is 3.06. The van der Waals surface area contributed by atoms with Gasteiger partial charge in [-0.3, -0.25) is 4.55 Å². The molecule has 1 N–H and O–H groups in total. The van der Waals surface area contributed by atoms with Gasteiger partial charge in [0, 0.05) is 0 Å². The minimum atomic E-state index is -4.11. The second kappa shape index (κ2) is 2.48. The van der Waals surface area contributed by atoms with Crippen LogP contribution in [0, 0.1) is 0 Å². The van der Waals surface area contributed by atoms with Gasteiger partial charge in [-0.2, -0.15) is 8.42 Å². The van der Waals surface area contributed by atoms with E-state index < -0.39 is 14.8 Å². The second-order valence-corrected chi connectivity index (χ2v) is 3.37. The molecule has 1 atom stereocenters. The highest BCUT2D eigenvalue weighted by molar-refractivity contribution is 7.87. The molecular formula is C3H5ClO3S. The van der Waals surface area contributed by atoms with E-state index in [-0.39, 0.29) is 0 Å². The lowest BCUT2D eigenvalue weighted by Gasteiger charge is -1.94. The van der Waals surface area contributed by atoms with Crippen molar-refractivity contribution >= 4 is 21.7 Å². The molecule has 0 radical (unpaired) electrons. The minimum absolute atomic E-state index is 0.927. The van der Waals surface area contributed by atoms with Crippen LogP contribution in [0.1, 0.15) is 0 Å². The van der Waals surface area contributed by atoms with E-state index in [2.05, 4.69) is 6.58 Å². The maximum Gasteiger partial charge on any atom is 0.285 e. The van der Waals surface area contributed by atoms with Crippen LogP contribution in [0.5, 0.6) is 0 Å². The first kappa shape index (κ1) is 7.94. The van der Waals surface area contributed by atoms with Crippen LogP contribution in [0.4, 0.5) is 0 Å². The quantitative estimate of drug-likeness (QED) is 0.362. The molecule has 0 amide bonds. The third-order valence-electron chi connectivity index (χ3n) is 0.470. The van der Waals surface area contributed by atoms with Gasteiger partial charge in [0.25, 0.3) is 10.1 Å². The van der Waals surface area contributed by atoms with Crippen molar-refractivity contribution < 1.29 is 13.0 Å². The van der Waals surface area contributed by atoms with Gasteiger partial charge in [0.05, 0.1) is 0 Å². The average Bonchev–Trinajstić information content (AvgIpc) is 1.62. The lowest BCUT2D eigenvalue weighted by molar-refractivity contribution is 0.484. The molecule has 0 spiro atoms. The SMILES string of the molecule is C=CC(Cl)S(=O)(=O)O. The molecule has 0 saturated heterocycles. The second-order valence-electron chi connectivity index (χ2n) is 1.10. The lowest BCUT2D eigenvalue weighted by Crippen LogP contribution is -2.09. The molecule has 8 heavy (non-hydrogen) atoms. The Morgan fingerprint density at radius 2 is 2.12 bits per heavy atom. The number of alkyl halides is 1. The van der Waals surface area contributed by atoms with Crippen LogP contribution in [0.3, 0.4) is 0 Å². The van der Waals surface area contributed by atoms with Gasteiger partial charge in [-0.15, -0.1) is 6.58 Å². The summed E-state index contributed by atoms with van der Waals surface area (Å²) in [5.41, 5.74) is 0. The van der Waals surface area contributed by atoms with Crippen LogP contribution in [0.15, 0.2) is 12.7 Å². The van der Waals surface area contributed by atoms with Gasteiger partial charge in [0.1, 0.15) is 0 Å². The largest absolute Gasteiger partial charge is 0.285 e. The zero-order chi connectivity index (χ0) is 6.78. The molecule has 3 nitrogen and oxygen atoms in total. The highest BCUT2D eigenvalue weighted by Gasteiger charge is 2.13. The molecule has 0 aromatic heterocycles. The number of hydrogen-bond donors (Lipinski definition) is 1. The van der Waals surface area contributed by atoms with Crippen LogP contribution in [-0.2, 0) is 10.1 Å². The molecule has 0 rings (SSSR count). The normalized spacial score (nSPS) is 15.2. The monoisotopic (exact) mass is 156 g/mol. The van der Waals surface area contributed by atoms with Gasteiger partial charge in [-0.25, -0.2) is 0 Å². The standard InChI is InChI=1S/C3H5ClO3S/c1-2-3(4)8(5,6)7/h2-3H,1H2,(H,5,6,7). The molecule has 5 heteroatoms. The summed E-state index contributed by atoms with van der Waals surface area (Å²) < 4.78 is 26.5. The summed E-state index contributed by atoms with van der Waals surface area (Å²) in [7, 11) is -4.11. The predicted octanol–water partition coefficient (Wildman–Crippen LogP) is 0.625. The highest BCUT2D eigenvalue weighted by atomic mass is 35.5. The van der Waals surface area contributed by atoms with Gasteiger partial charge in [-0.1, -0.05) is 17.7 Å². The fourth-order valence-electron chi connectivity index (χ4n) is 0.122. The summed E-state index contributed by atoms with van der Waals surface area (Å²) >= 11 is 4.99. The Morgan fingerprint density at radius 1 is 1.75 bits per heavy atom. The first-order chi connectivity index (χ1) is 3.48. The first-order valence-electron chi connectivity index (χ1n) is 1.71. The van der Waals surface area contributed by atoms with Crippen molar-refractivity contribution in [2.24, 2.45) is 0 Å². The van der Waals surface area contributed by atoms with E-state index in [4.69, 9.17) is 16.2 Å². The highest BCUT2D eigenvalue weighted by Crippen LogP contribution is 2.03. The molecule has 0 aliphatic heterocycles. The summed E-state index contributed by atoms with van der Waals surface area (Å²) in [5.74, 6) is 0. The van der Waals surface area contributed by atoms with Crippen molar-refractivity contribution in [3.05, 3.63) is 12.7 Å². The third-order valence-corrected chi connectivity index (χ3v) is 2.09. The lowest BCUT2D eigenvalue weighted by atomic mass is 10.8. The Labute approximate surface area is 52.7 Å². The maximum absolute atomic E-state index is 9.91. The van der Waals surface area contributed by atoms with Crippen LogP contribution in [-0.4, -0.2) is 17.7 Å². The minimum Gasteiger partial charge on any atom is -0.284 e. The average molecular weight is 157 g/mol. The fraction of sp³-hybridized carbons (Fsp3) is 0.333. The molecule has 0 fully saturated rings. The zero-order valence-corrected chi connectivity index (χ0v) is 5.48. The Bertz CT molecular complexity index is 171. The molecule has 0 aliphatic carbocycles. The molecule has 0 aromatic carbocycles. The Kier molecular flexibility index (Phi) is 2.46. The van der Waals surface area contributed by atoms with E-state index in [1.807, 2.05) is 0 Å². The summed E-state index contributed by atoms with van der Waals surface area (Å²) in [5, 5.41) is 0. The summed E-state index contributed by atoms with van der Waals surface area (Å²) in [6.07, 6.45) is 0.927. The van der Waals surface area contributed by atoms with Crippen molar-refractivity contribution in [3.8, 4) is 0 Å². The molecule has 0 aromatic rings. The molecule has 0 aliphatic rings. The molecule has 48 valence electrons. The Hall–Kier alpha value is -0.0600. The zero-order valence-electron chi connectivity index (χ0n) is 3.91. The van der Waals surface area contributed by atoms with Crippen molar-refractivity contribution in [3.63, 3.8) is 0 Å². The fourth-order valence-corrected chi connectivity index (χ4v) is 0.365. The molecule has 1 unspecified atom stereocenters. The van der Waals surface area contributed by atoms with E-state index >= 15 is 0 Å². The Morgan fingerprint density at radius 3 is 2.12 bits per heavy atom. The van der Waals surface area contributed by atoms with Crippen molar-refractivity contribution in [2.45, 2.75) is 4.71 Å². The van der Waals surface area contributed by atoms with Crippen molar-refractivity contribution in [1.82, 2.24) is 0 Å². The molecular weight excluding hydrogens is 152 g/mol.